The van der Waals surface area contributed by atoms with E-state index in [4.69, 9.17) is 23.2 Å². The van der Waals surface area contributed by atoms with Crippen LogP contribution in [0.3, 0.4) is 0 Å². The van der Waals surface area contributed by atoms with Crippen LogP contribution in [0.5, 0.6) is 0 Å². The first kappa shape index (κ1) is 18.8. The zero-order valence-corrected chi connectivity index (χ0v) is 12.5. The van der Waals surface area contributed by atoms with Gasteiger partial charge in [0, 0.05) is 5.33 Å². The molecule has 0 aliphatic heterocycles. The summed E-state index contributed by atoms with van der Waals surface area (Å²) < 4.78 is 45.5. The lowest BCUT2D eigenvalue weighted by Gasteiger charge is -2.18. The van der Waals surface area contributed by atoms with Crippen molar-refractivity contribution >= 4 is 51.1 Å². The van der Waals surface area contributed by atoms with Crippen LogP contribution in [-0.2, 0) is 19.1 Å². The maximum atomic E-state index is 12.3. The number of hydrogen-bond acceptors (Lipinski definition) is 4. The van der Waals surface area contributed by atoms with Gasteiger partial charge in [0.25, 0.3) is 0 Å². The number of ether oxygens (including phenoxy) is 2. The molecule has 112 valence electrons. The minimum atomic E-state index is -4.66. The Hall–Kier alpha value is -0.210. The molecule has 0 bridgehead atoms. The largest absolute Gasteiger partial charge is 0.463 e. The number of carbonyl (C=O) groups is 2. The summed E-state index contributed by atoms with van der Waals surface area (Å²) in [5.41, 5.74) is 0. The molecule has 0 aromatic carbocycles. The van der Waals surface area contributed by atoms with E-state index in [1.165, 1.54) is 0 Å². The standard InChI is InChI=1S/C9H10BrCl2F3O4/c10-3-5(9(13,14)15)19-8(17)2-1-7(16)18-4-6(11)12/h5-6H,1-4H2. The van der Waals surface area contributed by atoms with E-state index in [9.17, 15) is 22.8 Å². The molecule has 0 aliphatic rings. The van der Waals surface area contributed by atoms with Gasteiger partial charge in [-0.15, -0.1) is 23.2 Å². The third kappa shape index (κ3) is 9.34. The lowest BCUT2D eigenvalue weighted by Crippen LogP contribution is -2.35. The molecule has 1 atom stereocenters. The van der Waals surface area contributed by atoms with E-state index < -0.39 is 47.2 Å². The van der Waals surface area contributed by atoms with E-state index in [1.807, 2.05) is 0 Å². The normalized spacial score (nSPS) is 13.2. The van der Waals surface area contributed by atoms with Gasteiger partial charge >= 0.3 is 18.1 Å². The van der Waals surface area contributed by atoms with Gasteiger partial charge in [-0.1, -0.05) is 15.9 Å². The van der Waals surface area contributed by atoms with E-state index in [1.54, 1.807) is 0 Å². The number of rotatable bonds is 7. The van der Waals surface area contributed by atoms with E-state index >= 15 is 0 Å². The van der Waals surface area contributed by atoms with Crippen molar-refractivity contribution in [3.05, 3.63) is 0 Å². The maximum absolute atomic E-state index is 12.3. The van der Waals surface area contributed by atoms with Gasteiger partial charge in [0.15, 0.2) is 0 Å². The number of halogens is 6. The molecule has 19 heavy (non-hydrogen) atoms. The highest BCUT2D eigenvalue weighted by molar-refractivity contribution is 9.09. The van der Waals surface area contributed by atoms with Crippen LogP contribution in [0, 0.1) is 0 Å². The smallest absolute Gasteiger partial charge is 0.426 e. The topological polar surface area (TPSA) is 52.6 Å². The fourth-order valence-corrected chi connectivity index (χ4v) is 1.46. The summed E-state index contributed by atoms with van der Waals surface area (Å²) in [4.78, 5) is 21.2. The first-order chi connectivity index (χ1) is 8.66. The van der Waals surface area contributed by atoms with Gasteiger partial charge in [0.2, 0.25) is 6.10 Å². The minimum Gasteiger partial charge on any atom is -0.463 e. The Bertz CT molecular complexity index is 312. The summed E-state index contributed by atoms with van der Waals surface area (Å²) in [5, 5.41) is -0.577. The van der Waals surface area contributed by atoms with Gasteiger partial charge in [-0.25, -0.2) is 0 Å². The molecule has 0 aromatic heterocycles. The molecular formula is C9H10BrCl2F3O4. The van der Waals surface area contributed by atoms with Crippen molar-refractivity contribution in [2.45, 2.75) is 30.0 Å². The molecule has 0 saturated carbocycles. The Morgan fingerprint density at radius 1 is 1.16 bits per heavy atom. The molecule has 0 heterocycles. The highest BCUT2D eigenvalue weighted by Crippen LogP contribution is 2.24. The highest BCUT2D eigenvalue weighted by atomic mass is 79.9. The summed E-state index contributed by atoms with van der Waals surface area (Å²) in [6.07, 6.45) is -7.84. The second-order valence-electron chi connectivity index (χ2n) is 3.25. The van der Waals surface area contributed by atoms with Crippen LogP contribution in [0.2, 0.25) is 0 Å². The number of esters is 2. The van der Waals surface area contributed by atoms with E-state index in [0.717, 1.165) is 0 Å². The Morgan fingerprint density at radius 2 is 1.68 bits per heavy atom. The van der Waals surface area contributed by atoms with Crippen LogP contribution in [0.15, 0.2) is 0 Å². The Labute approximate surface area is 125 Å². The summed E-state index contributed by atoms with van der Waals surface area (Å²) in [5.74, 6) is -1.95. The van der Waals surface area contributed by atoms with E-state index in [2.05, 4.69) is 25.4 Å². The van der Waals surface area contributed by atoms with Crippen molar-refractivity contribution in [3.63, 3.8) is 0 Å². The summed E-state index contributed by atoms with van der Waals surface area (Å²) in [6, 6.07) is 0. The van der Waals surface area contributed by atoms with Crippen LogP contribution in [0.25, 0.3) is 0 Å². The quantitative estimate of drug-likeness (QED) is 0.496. The number of carbonyl (C=O) groups excluding carboxylic acids is 2. The Kier molecular flexibility index (Phi) is 8.76. The van der Waals surface area contributed by atoms with Crippen LogP contribution < -0.4 is 0 Å². The fraction of sp³-hybridized carbons (Fsp3) is 0.778. The molecule has 0 rings (SSSR count). The molecule has 10 heteroatoms. The average Bonchev–Trinajstić information content (AvgIpc) is 2.29. The van der Waals surface area contributed by atoms with Gasteiger partial charge in [0.1, 0.15) is 11.4 Å². The van der Waals surface area contributed by atoms with Crippen molar-refractivity contribution in [1.29, 1.82) is 0 Å². The number of hydrogen-bond donors (Lipinski definition) is 0. The van der Waals surface area contributed by atoms with Crippen molar-refractivity contribution in [2.24, 2.45) is 0 Å². The molecule has 0 saturated heterocycles. The maximum Gasteiger partial charge on any atom is 0.426 e. The lowest BCUT2D eigenvalue weighted by molar-refractivity contribution is -0.214. The second-order valence-corrected chi connectivity index (χ2v) is 5.17. The first-order valence-electron chi connectivity index (χ1n) is 4.92. The SMILES string of the molecule is O=C(CCC(=O)OC(CBr)C(F)(F)F)OCC(Cl)Cl. The molecular weight excluding hydrogens is 380 g/mol. The van der Waals surface area contributed by atoms with Gasteiger partial charge in [-0.3, -0.25) is 9.59 Å². The molecule has 0 spiro atoms. The Balaban J connectivity index is 4.01. The van der Waals surface area contributed by atoms with Crippen LogP contribution in [0.4, 0.5) is 13.2 Å². The Morgan fingerprint density at radius 3 is 2.11 bits per heavy atom. The molecule has 0 N–H and O–H groups in total. The predicted molar refractivity (Wildman–Crippen MR) is 65.4 cm³/mol. The molecule has 0 radical (unpaired) electrons. The van der Waals surface area contributed by atoms with Gasteiger partial charge in [0.05, 0.1) is 12.8 Å². The zero-order valence-electron chi connectivity index (χ0n) is 9.38. The van der Waals surface area contributed by atoms with Gasteiger partial charge < -0.3 is 9.47 Å². The van der Waals surface area contributed by atoms with Crippen LogP contribution in [-0.4, -0.2) is 41.0 Å². The lowest BCUT2D eigenvalue weighted by atomic mass is 10.3. The molecule has 0 fully saturated rings. The summed E-state index contributed by atoms with van der Waals surface area (Å²) in [7, 11) is 0. The van der Waals surface area contributed by atoms with Crippen molar-refractivity contribution in [1.82, 2.24) is 0 Å². The third-order valence-electron chi connectivity index (χ3n) is 1.68. The zero-order chi connectivity index (χ0) is 15.1. The summed E-state index contributed by atoms with van der Waals surface area (Å²) >= 11 is 13.2. The minimum absolute atomic E-state index is 0.260. The second kappa shape index (κ2) is 8.86. The monoisotopic (exact) mass is 388 g/mol. The fourth-order valence-electron chi connectivity index (χ4n) is 0.836. The molecule has 0 aromatic rings. The van der Waals surface area contributed by atoms with Crippen molar-refractivity contribution in [2.75, 3.05) is 11.9 Å². The van der Waals surface area contributed by atoms with Gasteiger partial charge in [-0.2, -0.15) is 13.2 Å². The van der Waals surface area contributed by atoms with Crippen molar-refractivity contribution in [3.8, 4) is 0 Å². The first-order valence-corrected chi connectivity index (χ1v) is 6.92. The van der Waals surface area contributed by atoms with E-state index in [0.29, 0.717) is 0 Å². The van der Waals surface area contributed by atoms with Gasteiger partial charge in [-0.05, 0) is 0 Å². The van der Waals surface area contributed by atoms with Crippen molar-refractivity contribution < 1.29 is 32.2 Å². The number of alkyl halides is 6. The average molecular weight is 390 g/mol. The third-order valence-corrected chi connectivity index (χ3v) is 2.52. The molecule has 4 nitrogen and oxygen atoms in total. The molecule has 0 aliphatic carbocycles. The molecule has 0 amide bonds. The van der Waals surface area contributed by atoms with E-state index in [-0.39, 0.29) is 6.61 Å². The highest BCUT2D eigenvalue weighted by Gasteiger charge is 2.42. The summed E-state index contributed by atoms with van der Waals surface area (Å²) in [6.45, 7) is -0.260. The predicted octanol–water partition coefficient (Wildman–Crippen LogP) is 2.98. The van der Waals surface area contributed by atoms with Crippen LogP contribution in [0.1, 0.15) is 12.8 Å². The molecule has 1 unspecified atom stereocenters. The van der Waals surface area contributed by atoms with Crippen LogP contribution >= 0.6 is 39.1 Å².